The molecule has 0 radical (unpaired) electrons. The third kappa shape index (κ3) is 4.30. The predicted molar refractivity (Wildman–Crippen MR) is 134 cm³/mol. The van der Waals surface area contributed by atoms with E-state index in [0.717, 1.165) is 28.3 Å². The number of benzene rings is 2. The van der Waals surface area contributed by atoms with Crippen LogP contribution in [-0.4, -0.2) is 38.8 Å². The summed E-state index contributed by atoms with van der Waals surface area (Å²) in [6.45, 7) is 6.31. The molecule has 4 aromatic rings. The van der Waals surface area contributed by atoms with Gasteiger partial charge in [-0.2, -0.15) is 5.10 Å². The van der Waals surface area contributed by atoms with Crippen molar-refractivity contribution >= 4 is 15.7 Å². The number of carbonyl (C=O) groups is 1. The van der Waals surface area contributed by atoms with Gasteiger partial charge in [-0.25, -0.2) is 13.1 Å². The van der Waals surface area contributed by atoms with Crippen molar-refractivity contribution in [3.8, 4) is 11.5 Å². The van der Waals surface area contributed by atoms with Gasteiger partial charge >= 0.3 is 0 Å². The highest BCUT2D eigenvalue weighted by molar-refractivity contribution is 7.92. The Kier molecular flexibility index (Phi) is 5.84. The molecule has 1 amide bonds. The number of hydrogen-bond acceptors (Lipinski definition) is 4. The summed E-state index contributed by atoms with van der Waals surface area (Å²) in [5.74, 6) is 0.926. The van der Waals surface area contributed by atoms with Gasteiger partial charge in [0, 0.05) is 18.0 Å². The third-order valence-corrected chi connectivity index (χ3v) is 8.61. The van der Waals surface area contributed by atoms with E-state index in [-0.39, 0.29) is 17.2 Å². The summed E-state index contributed by atoms with van der Waals surface area (Å²) < 4.78 is 28.7. The first-order valence-corrected chi connectivity index (χ1v) is 13.2. The number of aromatic nitrogens is 3. The van der Waals surface area contributed by atoms with E-state index in [1.165, 1.54) is 5.56 Å². The molecule has 0 atom stereocenters. The van der Waals surface area contributed by atoms with Gasteiger partial charge in [0.05, 0.1) is 41.0 Å². The van der Waals surface area contributed by atoms with Gasteiger partial charge in [0.2, 0.25) is 5.91 Å². The number of sulfone groups is 1. The summed E-state index contributed by atoms with van der Waals surface area (Å²) in [5, 5.41) is 4.39. The Morgan fingerprint density at radius 3 is 2.26 bits per heavy atom. The molecule has 0 N–H and O–H groups in total. The van der Waals surface area contributed by atoms with Gasteiger partial charge in [-0.1, -0.05) is 29.8 Å². The standard InChI is InChI=1S/C27H28N4O3S/c1-19(2)35(33,34)23-12-8-21(9-13-23)16-26(32)30-17-24-25(18-30)28-31(22-10-6-20(3)7-11-22)27(24)29-14-4-5-15-29/h4-15,19H,16-18H2,1-3H3. The van der Waals surface area contributed by atoms with Crippen LogP contribution in [0.25, 0.3) is 11.5 Å². The minimum Gasteiger partial charge on any atom is -0.332 e. The Morgan fingerprint density at radius 1 is 0.971 bits per heavy atom. The van der Waals surface area contributed by atoms with Crippen molar-refractivity contribution in [1.82, 2.24) is 19.2 Å². The Hall–Kier alpha value is -3.65. The van der Waals surface area contributed by atoms with Crippen molar-refractivity contribution in [1.29, 1.82) is 0 Å². The van der Waals surface area contributed by atoms with E-state index >= 15 is 0 Å². The molecule has 0 saturated carbocycles. The maximum absolute atomic E-state index is 13.1. The SMILES string of the molecule is Cc1ccc(-n2nc3c(c2-n2cccc2)CN(C(=O)Cc2ccc(S(=O)(=O)C(C)C)cc2)C3)cc1. The highest BCUT2D eigenvalue weighted by Crippen LogP contribution is 2.31. The van der Waals surface area contributed by atoms with Crippen LogP contribution in [0.3, 0.4) is 0 Å². The van der Waals surface area contributed by atoms with Gasteiger partial charge in [-0.3, -0.25) is 4.79 Å². The van der Waals surface area contributed by atoms with Crippen molar-refractivity contribution in [2.24, 2.45) is 0 Å². The van der Waals surface area contributed by atoms with Crippen molar-refractivity contribution in [2.45, 2.75) is 50.4 Å². The molecule has 0 saturated heterocycles. The second kappa shape index (κ2) is 8.85. The summed E-state index contributed by atoms with van der Waals surface area (Å²) in [6, 6.07) is 18.8. The van der Waals surface area contributed by atoms with Gasteiger partial charge in [0.1, 0.15) is 5.82 Å². The summed E-state index contributed by atoms with van der Waals surface area (Å²) >= 11 is 0. The smallest absolute Gasteiger partial charge is 0.227 e. The van der Waals surface area contributed by atoms with Crippen molar-refractivity contribution in [2.75, 3.05) is 0 Å². The quantitative estimate of drug-likeness (QED) is 0.407. The van der Waals surface area contributed by atoms with Crippen LogP contribution in [-0.2, 0) is 34.1 Å². The Balaban J connectivity index is 1.37. The second-order valence-corrected chi connectivity index (χ2v) is 11.8. The van der Waals surface area contributed by atoms with Crippen LogP contribution in [0.15, 0.2) is 78.0 Å². The molecule has 2 aromatic heterocycles. The monoisotopic (exact) mass is 488 g/mol. The molecule has 3 heterocycles. The summed E-state index contributed by atoms with van der Waals surface area (Å²) in [4.78, 5) is 15.2. The van der Waals surface area contributed by atoms with Crippen LogP contribution in [0.4, 0.5) is 0 Å². The fourth-order valence-electron chi connectivity index (χ4n) is 4.34. The molecular formula is C27H28N4O3S. The van der Waals surface area contributed by atoms with Crippen LogP contribution in [0.5, 0.6) is 0 Å². The first-order chi connectivity index (χ1) is 16.7. The maximum Gasteiger partial charge on any atom is 0.227 e. The lowest BCUT2D eigenvalue weighted by Crippen LogP contribution is -2.28. The minimum absolute atomic E-state index is 0.0113. The number of nitrogens with zero attached hydrogens (tertiary/aromatic N) is 4. The van der Waals surface area contributed by atoms with E-state index in [1.807, 2.05) is 38.7 Å². The van der Waals surface area contributed by atoms with Crippen LogP contribution in [0.2, 0.25) is 0 Å². The first-order valence-electron chi connectivity index (χ1n) is 11.7. The highest BCUT2D eigenvalue weighted by Gasteiger charge is 2.31. The molecule has 2 aromatic carbocycles. The number of amides is 1. The van der Waals surface area contributed by atoms with E-state index in [0.29, 0.717) is 13.1 Å². The fourth-order valence-corrected chi connectivity index (χ4v) is 5.40. The lowest BCUT2D eigenvalue weighted by Gasteiger charge is -2.18. The average molecular weight is 489 g/mol. The van der Waals surface area contributed by atoms with Crippen LogP contribution in [0, 0.1) is 6.92 Å². The molecule has 0 bridgehead atoms. The molecule has 0 spiro atoms. The second-order valence-electron chi connectivity index (χ2n) is 9.25. The third-order valence-electron chi connectivity index (χ3n) is 6.44. The lowest BCUT2D eigenvalue weighted by molar-refractivity contribution is -0.131. The molecule has 7 nitrogen and oxygen atoms in total. The number of fused-ring (bicyclic) bond motifs is 1. The van der Waals surface area contributed by atoms with Crippen LogP contribution < -0.4 is 0 Å². The van der Waals surface area contributed by atoms with Crippen LogP contribution in [0.1, 0.15) is 36.2 Å². The van der Waals surface area contributed by atoms with E-state index in [4.69, 9.17) is 5.10 Å². The minimum atomic E-state index is -3.33. The van der Waals surface area contributed by atoms with Gasteiger partial charge in [-0.15, -0.1) is 0 Å². The molecule has 35 heavy (non-hydrogen) atoms. The van der Waals surface area contributed by atoms with Crippen LogP contribution >= 0.6 is 0 Å². The molecule has 5 rings (SSSR count). The molecule has 8 heteroatoms. The van der Waals surface area contributed by atoms with E-state index < -0.39 is 15.1 Å². The topological polar surface area (TPSA) is 77.2 Å². The number of hydrogen-bond donors (Lipinski definition) is 0. The Bertz CT molecular complexity index is 1470. The zero-order valence-electron chi connectivity index (χ0n) is 20.0. The van der Waals surface area contributed by atoms with E-state index in [2.05, 4.69) is 31.2 Å². The Labute approximate surface area is 205 Å². The average Bonchev–Trinajstić information content (AvgIpc) is 3.56. The molecule has 0 unspecified atom stereocenters. The van der Waals surface area contributed by atoms with Crippen molar-refractivity contribution < 1.29 is 13.2 Å². The molecule has 180 valence electrons. The summed E-state index contributed by atoms with van der Waals surface area (Å²) in [7, 11) is -3.33. The Morgan fingerprint density at radius 2 is 1.63 bits per heavy atom. The lowest BCUT2D eigenvalue weighted by atomic mass is 10.1. The number of aryl methyl sites for hydroxylation is 1. The molecular weight excluding hydrogens is 460 g/mol. The highest BCUT2D eigenvalue weighted by atomic mass is 32.2. The summed E-state index contributed by atoms with van der Waals surface area (Å²) in [5.41, 5.74) is 4.87. The first kappa shape index (κ1) is 23.1. The fraction of sp³-hybridized carbons (Fsp3) is 0.259. The molecule has 0 fully saturated rings. The molecule has 1 aliphatic rings. The van der Waals surface area contributed by atoms with Gasteiger partial charge < -0.3 is 9.47 Å². The maximum atomic E-state index is 13.1. The predicted octanol–water partition coefficient (Wildman–Crippen LogP) is 4.24. The van der Waals surface area contributed by atoms with Crippen molar-refractivity contribution in [3.63, 3.8) is 0 Å². The number of carbonyl (C=O) groups excluding carboxylic acids is 1. The number of rotatable bonds is 6. The van der Waals surface area contributed by atoms with Gasteiger partial charge in [0.15, 0.2) is 9.84 Å². The van der Waals surface area contributed by atoms with E-state index in [1.54, 1.807) is 38.1 Å². The van der Waals surface area contributed by atoms with Crippen molar-refractivity contribution in [3.05, 3.63) is 95.4 Å². The molecule has 1 aliphatic heterocycles. The van der Waals surface area contributed by atoms with E-state index in [9.17, 15) is 13.2 Å². The zero-order chi connectivity index (χ0) is 24.7. The zero-order valence-corrected chi connectivity index (χ0v) is 20.9. The largest absolute Gasteiger partial charge is 0.332 e. The van der Waals surface area contributed by atoms with Gasteiger partial charge in [0.25, 0.3) is 0 Å². The normalized spacial score (nSPS) is 13.4. The van der Waals surface area contributed by atoms with Gasteiger partial charge in [-0.05, 0) is 62.7 Å². The molecule has 0 aliphatic carbocycles. The summed E-state index contributed by atoms with van der Waals surface area (Å²) in [6.07, 6.45) is 4.18.